The van der Waals surface area contributed by atoms with Crippen LogP contribution in [0.1, 0.15) is 18.4 Å². The lowest BCUT2D eigenvalue weighted by atomic mass is 10.2. The van der Waals surface area contributed by atoms with Crippen LogP contribution in [0.15, 0.2) is 36.4 Å². The summed E-state index contributed by atoms with van der Waals surface area (Å²) in [5.41, 5.74) is 1.32. The van der Waals surface area contributed by atoms with E-state index in [4.69, 9.17) is 9.47 Å². The molecule has 2 aromatic rings. The van der Waals surface area contributed by atoms with E-state index >= 15 is 0 Å². The molecule has 0 heterocycles. The van der Waals surface area contributed by atoms with E-state index in [-0.39, 0.29) is 11.6 Å². The maximum absolute atomic E-state index is 13.6. The van der Waals surface area contributed by atoms with Gasteiger partial charge in [0.2, 0.25) is 5.91 Å². The first kappa shape index (κ1) is 18.7. The van der Waals surface area contributed by atoms with Crippen LogP contribution in [0.5, 0.6) is 17.2 Å². The van der Waals surface area contributed by atoms with Crippen LogP contribution < -0.4 is 20.1 Å². The van der Waals surface area contributed by atoms with Crippen LogP contribution in [0.2, 0.25) is 0 Å². The van der Waals surface area contributed by atoms with Gasteiger partial charge < -0.3 is 20.1 Å². The van der Waals surface area contributed by atoms with Gasteiger partial charge in [-0.25, -0.2) is 4.39 Å². The molecule has 0 saturated carbocycles. The zero-order valence-electron chi connectivity index (χ0n) is 14.7. The summed E-state index contributed by atoms with van der Waals surface area (Å²) in [6, 6.07) is 9.51. The highest BCUT2D eigenvalue weighted by Crippen LogP contribution is 2.36. The molecule has 6 heteroatoms. The zero-order valence-corrected chi connectivity index (χ0v) is 14.7. The molecule has 0 saturated heterocycles. The summed E-state index contributed by atoms with van der Waals surface area (Å²) in [7, 11) is 3.38. The molecule has 2 aromatic carbocycles. The standard InChI is InChI=1S/C19H23FN2O3/c1-13-6-8-17(18(11-13)24-3)25-16-9-7-14(20)12-15(16)22-19(23)5-4-10-21-2/h6-9,11-12,21H,4-5,10H2,1-3H3,(H,22,23). The lowest BCUT2D eigenvalue weighted by Gasteiger charge is -2.15. The van der Waals surface area contributed by atoms with Gasteiger partial charge in [-0.15, -0.1) is 0 Å². The molecule has 25 heavy (non-hydrogen) atoms. The van der Waals surface area contributed by atoms with Gasteiger partial charge in [-0.1, -0.05) is 6.07 Å². The van der Waals surface area contributed by atoms with Crippen molar-refractivity contribution in [2.24, 2.45) is 0 Å². The van der Waals surface area contributed by atoms with E-state index in [1.807, 2.05) is 26.1 Å². The highest BCUT2D eigenvalue weighted by Gasteiger charge is 2.13. The second kappa shape index (κ2) is 9.03. The maximum atomic E-state index is 13.6. The predicted molar refractivity (Wildman–Crippen MR) is 96.0 cm³/mol. The Balaban J connectivity index is 2.19. The number of ether oxygens (including phenoxy) is 2. The summed E-state index contributed by atoms with van der Waals surface area (Å²) in [4.78, 5) is 12.0. The van der Waals surface area contributed by atoms with Crippen LogP contribution in [0, 0.1) is 12.7 Å². The zero-order chi connectivity index (χ0) is 18.2. The monoisotopic (exact) mass is 346 g/mol. The molecular weight excluding hydrogens is 323 g/mol. The lowest BCUT2D eigenvalue weighted by molar-refractivity contribution is -0.116. The number of carbonyl (C=O) groups is 1. The molecule has 1 amide bonds. The van der Waals surface area contributed by atoms with Crippen LogP contribution in [0.4, 0.5) is 10.1 Å². The Hall–Kier alpha value is -2.60. The van der Waals surface area contributed by atoms with Gasteiger partial charge in [0.1, 0.15) is 5.82 Å². The second-order valence-electron chi connectivity index (χ2n) is 5.65. The van der Waals surface area contributed by atoms with Crippen molar-refractivity contribution >= 4 is 11.6 Å². The topological polar surface area (TPSA) is 59.6 Å². The van der Waals surface area contributed by atoms with Crippen molar-refractivity contribution in [3.8, 4) is 17.2 Å². The molecule has 2 rings (SSSR count). The average molecular weight is 346 g/mol. The van der Waals surface area contributed by atoms with Crippen molar-refractivity contribution in [3.05, 3.63) is 47.8 Å². The molecule has 2 N–H and O–H groups in total. The Bertz CT molecular complexity index is 735. The van der Waals surface area contributed by atoms with Gasteiger partial charge >= 0.3 is 0 Å². The summed E-state index contributed by atoms with van der Waals surface area (Å²) in [5.74, 6) is 0.766. The van der Waals surface area contributed by atoms with Crippen molar-refractivity contribution in [3.63, 3.8) is 0 Å². The SMILES string of the molecule is CNCCCC(=O)Nc1cc(F)ccc1Oc1ccc(C)cc1OC. The third kappa shape index (κ3) is 5.46. The van der Waals surface area contributed by atoms with E-state index in [0.717, 1.165) is 12.1 Å². The first-order valence-electron chi connectivity index (χ1n) is 8.10. The molecule has 0 aliphatic rings. The van der Waals surface area contributed by atoms with Gasteiger partial charge in [-0.2, -0.15) is 0 Å². The van der Waals surface area contributed by atoms with Crippen molar-refractivity contribution < 1.29 is 18.7 Å². The van der Waals surface area contributed by atoms with E-state index in [9.17, 15) is 9.18 Å². The molecule has 0 bridgehead atoms. The molecule has 0 radical (unpaired) electrons. The van der Waals surface area contributed by atoms with Gasteiger partial charge in [0.15, 0.2) is 17.2 Å². The number of aryl methyl sites for hydroxylation is 1. The summed E-state index contributed by atoms with van der Waals surface area (Å²) >= 11 is 0. The Kier molecular flexibility index (Phi) is 6.77. The van der Waals surface area contributed by atoms with Crippen molar-refractivity contribution in [2.45, 2.75) is 19.8 Å². The molecular formula is C19H23FN2O3. The number of anilines is 1. The molecule has 134 valence electrons. The van der Waals surface area contributed by atoms with Gasteiger partial charge in [-0.05, 0) is 56.8 Å². The summed E-state index contributed by atoms with van der Waals surface area (Å²) < 4.78 is 24.8. The van der Waals surface area contributed by atoms with Crippen LogP contribution in [0.25, 0.3) is 0 Å². The van der Waals surface area contributed by atoms with E-state index in [2.05, 4.69) is 10.6 Å². The van der Waals surface area contributed by atoms with Crippen molar-refractivity contribution in [1.82, 2.24) is 5.32 Å². The molecule has 0 aromatic heterocycles. The fourth-order valence-electron chi connectivity index (χ4n) is 2.30. The number of hydrogen-bond acceptors (Lipinski definition) is 4. The van der Waals surface area contributed by atoms with Gasteiger partial charge in [0, 0.05) is 12.5 Å². The van der Waals surface area contributed by atoms with Crippen LogP contribution >= 0.6 is 0 Å². The quantitative estimate of drug-likeness (QED) is 0.712. The summed E-state index contributed by atoms with van der Waals surface area (Å²) in [6.07, 6.45) is 1.03. The maximum Gasteiger partial charge on any atom is 0.224 e. The smallest absolute Gasteiger partial charge is 0.224 e. The highest BCUT2D eigenvalue weighted by molar-refractivity contribution is 5.92. The van der Waals surface area contributed by atoms with E-state index in [1.165, 1.54) is 18.2 Å². The third-order valence-electron chi connectivity index (χ3n) is 3.59. The molecule has 0 aliphatic heterocycles. The minimum absolute atomic E-state index is 0.193. The summed E-state index contributed by atoms with van der Waals surface area (Å²) in [6.45, 7) is 2.68. The highest BCUT2D eigenvalue weighted by atomic mass is 19.1. The molecule has 0 fully saturated rings. The van der Waals surface area contributed by atoms with Crippen molar-refractivity contribution in [1.29, 1.82) is 0 Å². The molecule has 5 nitrogen and oxygen atoms in total. The number of carbonyl (C=O) groups excluding carboxylic acids is 1. The van der Waals surface area contributed by atoms with E-state index < -0.39 is 5.82 Å². The average Bonchev–Trinajstić information content (AvgIpc) is 2.58. The molecule has 0 spiro atoms. The van der Waals surface area contributed by atoms with Crippen LogP contribution in [-0.2, 0) is 4.79 Å². The van der Waals surface area contributed by atoms with E-state index in [0.29, 0.717) is 30.1 Å². The number of rotatable bonds is 8. The first-order valence-corrected chi connectivity index (χ1v) is 8.10. The number of hydrogen-bond donors (Lipinski definition) is 2. The summed E-state index contributed by atoms with van der Waals surface area (Å²) in [5, 5.41) is 5.69. The van der Waals surface area contributed by atoms with Crippen molar-refractivity contribution in [2.75, 3.05) is 26.0 Å². The fourth-order valence-corrected chi connectivity index (χ4v) is 2.30. The fraction of sp³-hybridized carbons (Fsp3) is 0.316. The Labute approximate surface area is 147 Å². The number of methoxy groups -OCH3 is 1. The number of halogens is 1. The third-order valence-corrected chi connectivity index (χ3v) is 3.59. The molecule has 0 unspecified atom stereocenters. The Morgan fingerprint density at radius 2 is 1.88 bits per heavy atom. The van der Waals surface area contributed by atoms with E-state index in [1.54, 1.807) is 13.2 Å². The Morgan fingerprint density at radius 1 is 1.12 bits per heavy atom. The minimum Gasteiger partial charge on any atom is -0.493 e. The largest absolute Gasteiger partial charge is 0.493 e. The molecule has 0 aliphatic carbocycles. The number of amides is 1. The second-order valence-corrected chi connectivity index (χ2v) is 5.65. The predicted octanol–water partition coefficient (Wildman–Crippen LogP) is 3.87. The first-order chi connectivity index (χ1) is 12.0. The van der Waals surface area contributed by atoms with Gasteiger partial charge in [0.05, 0.1) is 12.8 Å². The Morgan fingerprint density at radius 3 is 2.60 bits per heavy atom. The number of benzene rings is 2. The normalized spacial score (nSPS) is 10.4. The van der Waals surface area contributed by atoms with Crippen LogP contribution in [-0.4, -0.2) is 26.6 Å². The molecule has 0 atom stereocenters. The number of nitrogens with one attached hydrogen (secondary N) is 2. The lowest BCUT2D eigenvalue weighted by Crippen LogP contribution is -2.15. The van der Waals surface area contributed by atoms with Gasteiger partial charge in [0.25, 0.3) is 0 Å². The van der Waals surface area contributed by atoms with Gasteiger partial charge in [-0.3, -0.25) is 4.79 Å². The van der Waals surface area contributed by atoms with Crippen LogP contribution in [0.3, 0.4) is 0 Å². The minimum atomic E-state index is -0.450.